The highest BCUT2D eigenvalue weighted by atomic mass is 32.2. The van der Waals surface area contributed by atoms with Gasteiger partial charge in [0.2, 0.25) is 0 Å². The molecule has 1 aromatic rings. The lowest BCUT2D eigenvalue weighted by molar-refractivity contribution is 0.0526. The molecular formula is C9H13N3O4S. The van der Waals surface area contributed by atoms with Crippen LogP contribution in [0.25, 0.3) is 0 Å². The third-order valence-electron chi connectivity index (χ3n) is 1.73. The maximum absolute atomic E-state index is 11.3. The molecule has 0 saturated carbocycles. The van der Waals surface area contributed by atoms with E-state index in [-0.39, 0.29) is 0 Å². The number of rotatable bonds is 5. The van der Waals surface area contributed by atoms with Crippen molar-refractivity contribution >= 4 is 21.9 Å². The minimum absolute atomic E-state index is 0.297. The van der Waals surface area contributed by atoms with E-state index in [0.717, 1.165) is 0 Å². The average molecular weight is 259 g/mol. The Morgan fingerprint density at radius 1 is 1.35 bits per heavy atom. The van der Waals surface area contributed by atoms with Gasteiger partial charge >= 0.3 is 5.97 Å². The summed E-state index contributed by atoms with van der Waals surface area (Å²) < 4.78 is 26.0. The van der Waals surface area contributed by atoms with Crippen LogP contribution in [0, 0.1) is 0 Å². The highest BCUT2D eigenvalue weighted by Gasteiger charge is 2.06. The van der Waals surface area contributed by atoms with Crippen LogP contribution in [0.2, 0.25) is 0 Å². The molecule has 4 N–H and O–H groups in total. The molecule has 0 aliphatic carbocycles. The number of esters is 1. The largest absolute Gasteiger partial charge is 0.462 e. The number of carbonyl (C=O) groups excluding carboxylic acids is 1. The maximum atomic E-state index is 11.3. The van der Waals surface area contributed by atoms with Gasteiger partial charge in [0.15, 0.2) is 0 Å². The Morgan fingerprint density at radius 3 is 2.41 bits per heavy atom. The van der Waals surface area contributed by atoms with Gasteiger partial charge in [0, 0.05) is 5.69 Å². The van der Waals surface area contributed by atoms with Crippen LogP contribution in [-0.2, 0) is 14.9 Å². The number of benzene rings is 1. The van der Waals surface area contributed by atoms with Crippen LogP contribution in [0.1, 0.15) is 17.3 Å². The lowest BCUT2D eigenvalue weighted by Gasteiger charge is -2.06. The van der Waals surface area contributed by atoms with Gasteiger partial charge in [-0.1, -0.05) is 0 Å². The van der Waals surface area contributed by atoms with Crippen molar-refractivity contribution in [3.63, 3.8) is 0 Å². The minimum Gasteiger partial charge on any atom is -0.462 e. The van der Waals surface area contributed by atoms with Gasteiger partial charge < -0.3 is 10.2 Å². The Labute approximate surface area is 99.1 Å². The van der Waals surface area contributed by atoms with Crippen molar-refractivity contribution in [3.8, 4) is 0 Å². The number of carbonyl (C=O) groups is 1. The fourth-order valence-corrected chi connectivity index (χ4v) is 1.29. The molecule has 7 nitrogen and oxygen atoms in total. The highest BCUT2D eigenvalue weighted by molar-refractivity contribution is 7.87. The zero-order valence-electron chi connectivity index (χ0n) is 9.14. The number of hydrogen-bond acceptors (Lipinski definition) is 5. The Morgan fingerprint density at radius 2 is 1.94 bits per heavy atom. The van der Waals surface area contributed by atoms with Gasteiger partial charge in [-0.05, 0) is 31.2 Å². The van der Waals surface area contributed by atoms with Crippen molar-refractivity contribution < 1.29 is 17.9 Å². The molecule has 0 heterocycles. The molecule has 1 aromatic carbocycles. The van der Waals surface area contributed by atoms with Crippen molar-refractivity contribution in [2.75, 3.05) is 12.0 Å². The first-order valence-electron chi connectivity index (χ1n) is 4.75. The molecule has 17 heavy (non-hydrogen) atoms. The van der Waals surface area contributed by atoms with Crippen LogP contribution in [0.4, 0.5) is 5.69 Å². The molecular weight excluding hydrogens is 246 g/mol. The molecule has 0 aliphatic heterocycles. The summed E-state index contributed by atoms with van der Waals surface area (Å²) in [5.74, 6) is -0.432. The van der Waals surface area contributed by atoms with E-state index in [1.165, 1.54) is 24.3 Å². The highest BCUT2D eigenvalue weighted by Crippen LogP contribution is 2.09. The summed E-state index contributed by atoms with van der Waals surface area (Å²) in [6, 6.07) is 6.05. The Hall–Kier alpha value is -1.64. The van der Waals surface area contributed by atoms with Crippen molar-refractivity contribution in [1.82, 2.24) is 4.83 Å². The van der Waals surface area contributed by atoms with Crippen molar-refractivity contribution in [2.45, 2.75) is 6.92 Å². The summed E-state index contributed by atoms with van der Waals surface area (Å²) in [5.41, 5.74) is 3.20. The van der Waals surface area contributed by atoms with Gasteiger partial charge in [-0.2, -0.15) is 8.42 Å². The summed E-state index contributed by atoms with van der Waals surface area (Å²) in [6.07, 6.45) is 0. The predicted molar refractivity (Wildman–Crippen MR) is 62.3 cm³/mol. The van der Waals surface area contributed by atoms with E-state index in [1.807, 2.05) is 4.83 Å². The zero-order valence-corrected chi connectivity index (χ0v) is 9.95. The summed E-state index contributed by atoms with van der Waals surface area (Å²) in [6.45, 7) is 2.01. The number of hydrazine groups is 1. The van der Waals surface area contributed by atoms with Crippen LogP contribution in [0.3, 0.4) is 0 Å². The van der Waals surface area contributed by atoms with E-state index in [9.17, 15) is 13.2 Å². The van der Waals surface area contributed by atoms with E-state index in [0.29, 0.717) is 17.9 Å². The number of hydrogen-bond donors (Lipinski definition) is 3. The van der Waals surface area contributed by atoms with E-state index in [2.05, 4.69) is 5.43 Å². The molecule has 0 aromatic heterocycles. The SMILES string of the molecule is CCOC(=O)c1ccc(NNS(N)(=O)=O)cc1. The van der Waals surface area contributed by atoms with Crippen molar-refractivity contribution in [3.05, 3.63) is 29.8 Å². The van der Waals surface area contributed by atoms with Crippen LogP contribution in [0.5, 0.6) is 0 Å². The van der Waals surface area contributed by atoms with E-state index in [1.54, 1.807) is 6.92 Å². The number of ether oxygens (including phenoxy) is 1. The Bertz CT molecular complexity index is 483. The van der Waals surface area contributed by atoms with Gasteiger partial charge in [-0.15, -0.1) is 4.83 Å². The second-order valence-electron chi connectivity index (χ2n) is 3.07. The molecule has 94 valence electrons. The van der Waals surface area contributed by atoms with Gasteiger partial charge in [-0.25, -0.2) is 9.93 Å². The average Bonchev–Trinajstić information content (AvgIpc) is 2.26. The molecule has 0 radical (unpaired) electrons. The van der Waals surface area contributed by atoms with Crippen LogP contribution in [-0.4, -0.2) is 21.0 Å². The molecule has 1 rings (SSSR count). The molecule has 0 atom stereocenters. The molecule has 0 saturated heterocycles. The zero-order chi connectivity index (χ0) is 12.9. The topological polar surface area (TPSA) is 111 Å². The fraction of sp³-hybridized carbons (Fsp3) is 0.222. The normalized spacial score (nSPS) is 10.9. The summed E-state index contributed by atoms with van der Waals surface area (Å²) in [7, 11) is -3.81. The Balaban J connectivity index is 2.65. The quantitative estimate of drug-likeness (QED) is 0.508. The summed E-state index contributed by atoms with van der Waals surface area (Å²) >= 11 is 0. The van der Waals surface area contributed by atoms with Crippen molar-refractivity contribution in [2.24, 2.45) is 5.14 Å². The maximum Gasteiger partial charge on any atom is 0.338 e. The first-order valence-corrected chi connectivity index (χ1v) is 6.29. The molecule has 0 bridgehead atoms. The number of nitrogens with two attached hydrogens (primary N) is 1. The minimum atomic E-state index is -3.81. The second kappa shape index (κ2) is 5.62. The lowest BCUT2D eigenvalue weighted by atomic mass is 10.2. The van der Waals surface area contributed by atoms with Crippen LogP contribution < -0.4 is 15.4 Å². The molecule has 0 amide bonds. The van der Waals surface area contributed by atoms with Gasteiger partial charge in [0.05, 0.1) is 12.2 Å². The van der Waals surface area contributed by atoms with Gasteiger partial charge in [-0.3, -0.25) is 0 Å². The molecule has 0 aliphatic rings. The van der Waals surface area contributed by atoms with Crippen LogP contribution >= 0.6 is 0 Å². The first-order chi connectivity index (χ1) is 7.92. The molecule has 8 heteroatoms. The standard InChI is InChI=1S/C9H13N3O4S/c1-2-16-9(13)7-3-5-8(6-4-7)11-12-17(10,14)15/h3-6,11-12H,2H2,1H3,(H2,10,14,15). The molecule has 0 spiro atoms. The summed E-state index contributed by atoms with van der Waals surface area (Å²) in [5, 5.41) is 4.73. The number of anilines is 1. The second-order valence-corrected chi connectivity index (χ2v) is 4.36. The predicted octanol–water partition coefficient (Wildman–Crippen LogP) is -0.0167. The van der Waals surface area contributed by atoms with E-state index < -0.39 is 16.2 Å². The van der Waals surface area contributed by atoms with Crippen LogP contribution in [0.15, 0.2) is 24.3 Å². The smallest absolute Gasteiger partial charge is 0.338 e. The monoisotopic (exact) mass is 259 g/mol. The third-order valence-corrected chi connectivity index (χ3v) is 2.12. The first kappa shape index (κ1) is 13.4. The molecule has 0 fully saturated rings. The van der Waals surface area contributed by atoms with E-state index in [4.69, 9.17) is 9.88 Å². The fourth-order valence-electron chi connectivity index (χ4n) is 1.03. The van der Waals surface area contributed by atoms with E-state index >= 15 is 0 Å². The molecule has 0 unspecified atom stereocenters. The summed E-state index contributed by atoms with van der Waals surface area (Å²) in [4.78, 5) is 13.2. The number of nitrogens with one attached hydrogen (secondary N) is 2. The van der Waals surface area contributed by atoms with Crippen molar-refractivity contribution in [1.29, 1.82) is 0 Å². The third kappa shape index (κ3) is 4.81. The van der Waals surface area contributed by atoms with Gasteiger partial charge in [0.1, 0.15) is 0 Å². The lowest BCUT2D eigenvalue weighted by Crippen LogP contribution is -2.35. The van der Waals surface area contributed by atoms with Gasteiger partial charge in [0.25, 0.3) is 10.2 Å². The Kier molecular flexibility index (Phi) is 4.44.